The number of allylic oxidation sites excluding steroid dienone is 3. The van der Waals surface area contributed by atoms with Gasteiger partial charge in [-0.25, -0.2) is 0 Å². The first-order valence-corrected chi connectivity index (χ1v) is 6.36. The van der Waals surface area contributed by atoms with Gasteiger partial charge in [0.2, 0.25) is 0 Å². The molecule has 0 saturated carbocycles. The molecule has 1 aliphatic rings. The van der Waals surface area contributed by atoms with Gasteiger partial charge in [0.05, 0.1) is 0 Å². The molecule has 0 spiro atoms. The van der Waals surface area contributed by atoms with Gasteiger partial charge in [-0.15, -0.1) is 0 Å². The average Bonchev–Trinajstić information content (AvgIpc) is 2.26. The van der Waals surface area contributed by atoms with Crippen LogP contribution >= 0.6 is 0 Å². The number of hydrogen-bond acceptors (Lipinski definition) is 1. The van der Waals surface area contributed by atoms with Crippen molar-refractivity contribution in [1.82, 2.24) is 0 Å². The molecule has 90 valence electrons. The lowest BCUT2D eigenvalue weighted by atomic mass is 9.76. The first kappa shape index (κ1) is 13.2. The first-order chi connectivity index (χ1) is 7.56. The van der Waals surface area contributed by atoms with Gasteiger partial charge in [0.15, 0.2) is 0 Å². The maximum atomic E-state index is 10.4. The molecule has 1 heteroatoms. The zero-order chi connectivity index (χ0) is 12.1. The van der Waals surface area contributed by atoms with Crippen LogP contribution in [0.25, 0.3) is 0 Å². The molecular formula is C15H24O. The predicted molar refractivity (Wildman–Crippen MR) is 69.3 cm³/mol. The molecular weight excluding hydrogens is 196 g/mol. The summed E-state index contributed by atoms with van der Waals surface area (Å²) in [6, 6.07) is 0. The molecule has 0 N–H and O–H groups in total. The van der Waals surface area contributed by atoms with Crippen LogP contribution in [0.3, 0.4) is 0 Å². The van der Waals surface area contributed by atoms with Crippen molar-refractivity contribution in [2.45, 2.75) is 52.9 Å². The smallest absolute Gasteiger partial charge is 0.120 e. The molecule has 0 heterocycles. The van der Waals surface area contributed by atoms with Crippen LogP contribution in [0.1, 0.15) is 52.9 Å². The SMILES string of the molecule is C=C(CCC=O)C1=C(C)CCC(C(C)C)C1. The number of aldehydes is 1. The minimum atomic E-state index is 0.613. The average molecular weight is 220 g/mol. The molecule has 1 rings (SSSR count). The fourth-order valence-electron chi connectivity index (χ4n) is 2.49. The van der Waals surface area contributed by atoms with Gasteiger partial charge in [-0.05, 0) is 50.0 Å². The summed E-state index contributed by atoms with van der Waals surface area (Å²) in [5, 5.41) is 0. The van der Waals surface area contributed by atoms with Crippen molar-refractivity contribution in [2.75, 3.05) is 0 Å². The molecule has 1 unspecified atom stereocenters. The van der Waals surface area contributed by atoms with E-state index < -0.39 is 0 Å². The lowest BCUT2D eigenvalue weighted by Crippen LogP contribution is -2.16. The summed E-state index contributed by atoms with van der Waals surface area (Å²) >= 11 is 0. The third-order valence-corrected chi connectivity index (χ3v) is 3.81. The second-order valence-electron chi connectivity index (χ2n) is 5.31. The topological polar surface area (TPSA) is 17.1 Å². The van der Waals surface area contributed by atoms with Crippen molar-refractivity contribution >= 4 is 6.29 Å². The Morgan fingerprint density at radius 1 is 1.56 bits per heavy atom. The Morgan fingerprint density at radius 3 is 2.81 bits per heavy atom. The van der Waals surface area contributed by atoms with Gasteiger partial charge < -0.3 is 4.79 Å². The molecule has 0 saturated heterocycles. The molecule has 0 amide bonds. The van der Waals surface area contributed by atoms with Crippen molar-refractivity contribution in [3.8, 4) is 0 Å². The predicted octanol–water partition coefficient (Wildman–Crippen LogP) is 4.29. The summed E-state index contributed by atoms with van der Waals surface area (Å²) in [5.41, 5.74) is 4.13. The highest BCUT2D eigenvalue weighted by atomic mass is 16.1. The van der Waals surface area contributed by atoms with Gasteiger partial charge in [0.1, 0.15) is 6.29 Å². The lowest BCUT2D eigenvalue weighted by molar-refractivity contribution is -0.107. The Morgan fingerprint density at radius 2 is 2.25 bits per heavy atom. The van der Waals surface area contributed by atoms with Gasteiger partial charge in [-0.3, -0.25) is 0 Å². The van der Waals surface area contributed by atoms with E-state index in [1.807, 2.05) is 0 Å². The fourth-order valence-corrected chi connectivity index (χ4v) is 2.49. The fraction of sp³-hybridized carbons (Fsp3) is 0.667. The minimum absolute atomic E-state index is 0.613. The van der Waals surface area contributed by atoms with Crippen LogP contribution in [0.4, 0.5) is 0 Å². The van der Waals surface area contributed by atoms with Crippen LogP contribution in [0.5, 0.6) is 0 Å². The van der Waals surface area contributed by atoms with E-state index in [1.165, 1.54) is 36.0 Å². The summed E-state index contributed by atoms with van der Waals surface area (Å²) in [7, 11) is 0. The molecule has 0 aromatic rings. The normalized spacial score (nSPS) is 21.4. The van der Waals surface area contributed by atoms with Crippen LogP contribution < -0.4 is 0 Å². The largest absolute Gasteiger partial charge is 0.303 e. The molecule has 0 radical (unpaired) electrons. The first-order valence-electron chi connectivity index (χ1n) is 6.36. The van der Waals surface area contributed by atoms with Crippen LogP contribution in [0.15, 0.2) is 23.3 Å². The highest BCUT2D eigenvalue weighted by molar-refractivity contribution is 5.51. The summed E-state index contributed by atoms with van der Waals surface area (Å²) in [5.74, 6) is 1.55. The third kappa shape index (κ3) is 3.33. The minimum Gasteiger partial charge on any atom is -0.303 e. The van der Waals surface area contributed by atoms with E-state index >= 15 is 0 Å². The Hall–Kier alpha value is -0.850. The van der Waals surface area contributed by atoms with E-state index in [-0.39, 0.29) is 0 Å². The van der Waals surface area contributed by atoms with E-state index in [0.29, 0.717) is 6.42 Å². The van der Waals surface area contributed by atoms with Crippen molar-refractivity contribution in [3.63, 3.8) is 0 Å². The van der Waals surface area contributed by atoms with Gasteiger partial charge in [-0.1, -0.05) is 31.6 Å². The van der Waals surface area contributed by atoms with Crippen LogP contribution in [0, 0.1) is 11.8 Å². The van der Waals surface area contributed by atoms with E-state index in [2.05, 4.69) is 27.4 Å². The molecule has 1 nitrogen and oxygen atoms in total. The van der Waals surface area contributed by atoms with Gasteiger partial charge >= 0.3 is 0 Å². The summed E-state index contributed by atoms with van der Waals surface area (Å²) < 4.78 is 0. The zero-order valence-electron chi connectivity index (χ0n) is 10.9. The van der Waals surface area contributed by atoms with Crippen molar-refractivity contribution < 1.29 is 4.79 Å². The van der Waals surface area contributed by atoms with E-state index in [0.717, 1.165) is 24.5 Å². The van der Waals surface area contributed by atoms with Gasteiger partial charge in [-0.2, -0.15) is 0 Å². The summed E-state index contributed by atoms with van der Waals surface area (Å²) in [6.45, 7) is 11.0. The summed E-state index contributed by atoms with van der Waals surface area (Å²) in [4.78, 5) is 10.4. The molecule has 16 heavy (non-hydrogen) atoms. The van der Waals surface area contributed by atoms with E-state index in [4.69, 9.17) is 0 Å². The monoisotopic (exact) mass is 220 g/mol. The highest BCUT2D eigenvalue weighted by Crippen LogP contribution is 2.37. The Bertz CT molecular complexity index is 297. The third-order valence-electron chi connectivity index (χ3n) is 3.81. The van der Waals surface area contributed by atoms with Crippen molar-refractivity contribution in [2.24, 2.45) is 11.8 Å². The van der Waals surface area contributed by atoms with Gasteiger partial charge in [0, 0.05) is 6.42 Å². The van der Waals surface area contributed by atoms with E-state index in [1.54, 1.807) is 0 Å². The van der Waals surface area contributed by atoms with E-state index in [9.17, 15) is 4.79 Å². The second kappa shape index (κ2) is 6.03. The zero-order valence-corrected chi connectivity index (χ0v) is 10.9. The number of carbonyl (C=O) groups excluding carboxylic acids is 1. The van der Waals surface area contributed by atoms with Crippen LogP contribution in [-0.2, 0) is 4.79 Å². The Labute approximate surface area is 99.6 Å². The van der Waals surface area contributed by atoms with Gasteiger partial charge in [0.25, 0.3) is 0 Å². The molecule has 0 aromatic carbocycles. The van der Waals surface area contributed by atoms with Crippen LogP contribution in [0.2, 0.25) is 0 Å². The quantitative estimate of drug-likeness (QED) is 0.631. The molecule has 1 atom stereocenters. The number of hydrogen-bond donors (Lipinski definition) is 0. The van der Waals surface area contributed by atoms with Crippen molar-refractivity contribution in [3.05, 3.63) is 23.3 Å². The number of carbonyl (C=O) groups is 1. The lowest BCUT2D eigenvalue weighted by Gasteiger charge is -2.29. The Balaban J connectivity index is 2.68. The highest BCUT2D eigenvalue weighted by Gasteiger charge is 2.22. The summed E-state index contributed by atoms with van der Waals surface area (Å²) in [6.07, 6.45) is 6.13. The molecule has 0 aromatic heterocycles. The Kier molecular flexibility index (Phi) is 4.98. The number of rotatable bonds is 5. The molecule has 0 bridgehead atoms. The maximum Gasteiger partial charge on any atom is 0.120 e. The molecule has 0 fully saturated rings. The molecule has 0 aliphatic heterocycles. The standard InChI is InChI=1S/C15H24O/c1-11(2)14-8-7-13(4)15(10-14)12(3)6-5-9-16/h9,11,14H,3,5-8,10H2,1-2,4H3. The second-order valence-corrected chi connectivity index (χ2v) is 5.31. The van der Waals surface area contributed by atoms with Crippen LogP contribution in [-0.4, -0.2) is 6.29 Å². The maximum absolute atomic E-state index is 10.4. The molecule has 1 aliphatic carbocycles. The van der Waals surface area contributed by atoms with Crippen molar-refractivity contribution in [1.29, 1.82) is 0 Å².